The number of carboxylic acids is 1. The molecule has 1 fully saturated rings. The normalized spacial score (nSPS) is 34.7. The first-order chi connectivity index (χ1) is 10.7. The number of hydrogen-bond acceptors (Lipinski definition) is 3. The molecule has 23 heavy (non-hydrogen) atoms. The van der Waals surface area contributed by atoms with Crippen LogP contribution in [0.3, 0.4) is 0 Å². The molecule has 1 saturated heterocycles. The Morgan fingerprint density at radius 3 is 2.52 bits per heavy atom. The van der Waals surface area contributed by atoms with Gasteiger partial charge in [0.15, 0.2) is 0 Å². The molecule has 0 saturated carbocycles. The molecular formula is C13H15F3I2NO4-. The second-order valence-corrected chi connectivity index (χ2v) is 8.60. The average molecular weight is 560 g/mol. The quantitative estimate of drug-likeness (QED) is 0.261. The number of rotatable bonds is 4. The van der Waals surface area contributed by atoms with Crippen molar-refractivity contribution in [1.82, 2.24) is 5.32 Å². The topological polar surface area (TPSA) is 75.6 Å². The molecule has 132 valence electrons. The van der Waals surface area contributed by atoms with Crippen molar-refractivity contribution in [2.75, 3.05) is 4.43 Å². The van der Waals surface area contributed by atoms with E-state index in [2.05, 4.69) is 5.32 Å². The second kappa shape index (κ2) is 7.85. The van der Waals surface area contributed by atoms with Crippen LogP contribution in [0.25, 0.3) is 0 Å². The van der Waals surface area contributed by atoms with Crippen LogP contribution in [0.1, 0.15) is 12.8 Å². The number of aliphatic carboxylic acids is 1. The Morgan fingerprint density at radius 1 is 1.35 bits per heavy atom. The average Bonchev–Trinajstić information content (AvgIpc) is 2.91. The first-order valence-corrected chi connectivity index (χ1v) is 10.5. The van der Waals surface area contributed by atoms with Gasteiger partial charge in [-0.05, 0) is 0 Å². The summed E-state index contributed by atoms with van der Waals surface area (Å²) in [6, 6.07) is -0.496. The molecule has 5 atom stereocenters. The van der Waals surface area contributed by atoms with E-state index < -0.39 is 67.6 Å². The molecule has 5 unspecified atom stereocenters. The predicted molar refractivity (Wildman–Crippen MR) is 78.5 cm³/mol. The number of carbonyl (C=O) groups is 2. The van der Waals surface area contributed by atoms with E-state index in [9.17, 15) is 27.9 Å². The van der Waals surface area contributed by atoms with Crippen LogP contribution in [0.15, 0.2) is 12.2 Å². The van der Waals surface area contributed by atoms with E-state index in [-0.39, 0.29) is 12.8 Å². The van der Waals surface area contributed by atoms with E-state index in [1.165, 1.54) is 6.08 Å². The van der Waals surface area contributed by atoms with Crippen molar-refractivity contribution in [3.05, 3.63) is 12.2 Å². The van der Waals surface area contributed by atoms with Crippen LogP contribution in [-0.4, -0.2) is 43.7 Å². The van der Waals surface area contributed by atoms with Gasteiger partial charge in [0.2, 0.25) is 0 Å². The molecule has 0 aromatic heterocycles. The van der Waals surface area contributed by atoms with Crippen LogP contribution in [0.2, 0.25) is 0 Å². The minimum atomic E-state index is -4.27. The summed E-state index contributed by atoms with van der Waals surface area (Å²) >= 11 is 0.970. The summed E-state index contributed by atoms with van der Waals surface area (Å²) < 4.78 is 42.9. The third-order valence-corrected chi connectivity index (χ3v) is 7.45. The molecule has 2 rings (SSSR count). The van der Waals surface area contributed by atoms with Gasteiger partial charge in [0.1, 0.15) is 0 Å². The molecule has 1 aliphatic heterocycles. The summed E-state index contributed by atoms with van der Waals surface area (Å²) in [4.78, 5) is 23.6. The molecule has 10 heteroatoms. The number of nitrogens with one attached hydrogen (secondary N) is 1. The number of halogens is 5. The molecule has 5 nitrogen and oxygen atoms in total. The summed E-state index contributed by atoms with van der Waals surface area (Å²) in [5, 5.41) is 11.9. The van der Waals surface area contributed by atoms with E-state index in [1.54, 1.807) is 0 Å². The summed E-state index contributed by atoms with van der Waals surface area (Å²) in [7, 11) is 0. The van der Waals surface area contributed by atoms with E-state index in [4.69, 9.17) is 3.07 Å². The molecule has 0 radical (unpaired) electrons. The number of alkyl halides is 5. The first-order valence-electron chi connectivity index (χ1n) is 6.87. The molecule has 1 heterocycles. The molecule has 1 amide bonds. The van der Waals surface area contributed by atoms with Gasteiger partial charge in [0, 0.05) is 0 Å². The molecular weight excluding hydrogens is 545 g/mol. The van der Waals surface area contributed by atoms with Gasteiger partial charge in [0.05, 0.1) is 0 Å². The van der Waals surface area contributed by atoms with E-state index in [0.29, 0.717) is 4.43 Å². The predicted octanol–water partition coefficient (Wildman–Crippen LogP) is -1.09. The van der Waals surface area contributed by atoms with Gasteiger partial charge < -0.3 is 0 Å². The van der Waals surface area contributed by atoms with E-state index in [1.807, 2.05) is 22.6 Å². The Bertz CT molecular complexity index is 500. The fraction of sp³-hybridized carbons (Fsp3) is 0.692. The van der Waals surface area contributed by atoms with Crippen LogP contribution in [-0.2, 0) is 12.7 Å². The van der Waals surface area contributed by atoms with E-state index >= 15 is 0 Å². The Hall–Kier alpha value is -0.110. The Morgan fingerprint density at radius 2 is 2.04 bits per heavy atom. The Labute approximate surface area is 155 Å². The molecule has 1 aliphatic carbocycles. The van der Waals surface area contributed by atoms with Crippen molar-refractivity contribution in [1.29, 1.82) is 0 Å². The molecule has 2 N–H and O–H groups in total. The zero-order valence-corrected chi connectivity index (χ0v) is 16.0. The molecule has 0 bridgehead atoms. The maximum atomic E-state index is 12.6. The van der Waals surface area contributed by atoms with Gasteiger partial charge in [-0.25, -0.2) is 0 Å². The van der Waals surface area contributed by atoms with Crippen molar-refractivity contribution in [2.45, 2.75) is 35.1 Å². The van der Waals surface area contributed by atoms with Gasteiger partial charge in [-0.15, -0.1) is 0 Å². The summed E-state index contributed by atoms with van der Waals surface area (Å²) in [6.45, 7) is 0. The van der Waals surface area contributed by atoms with Crippen LogP contribution in [0.4, 0.5) is 13.2 Å². The zero-order valence-electron chi connectivity index (χ0n) is 11.7. The Kier molecular flexibility index (Phi) is 6.56. The van der Waals surface area contributed by atoms with Crippen molar-refractivity contribution in [3.63, 3.8) is 0 Å². The summed E-state index contributed by atoms with van der Waals surface area (Å²) in [5.41, 5.74) is 0. The number of amides is 1. The minimum absolute atomic E-state index is 0.0862. The molecule has 2 aliphatic rings. The van der Waals surface area contributed by atoms with Crippen LogP contribution in [0, 0.1) is 11.8 Å². The summed E-state index contributed by atoms with van der Waals surface area (Å²) in [5.74, 6) is -3.76. The molecule has 0 spiro atoms. The number of carbonyl (C=O) groups excluding carboxylic acids is 1. The standard InChI is InChI=1S/C13H15F3I2NO4/c14-13(15,16)6-1-3-7(4-2-6)19-11(20)9-8(5-17)23-18-10(9)12(21)22/h1,3,6-10H,2,4-5H2,(H,19,20)(H,21,22)/q-1. The fourth-order valence-electron chi connectivity index (χ4n) is 2.53. The molecule has 0 aromatic rings. The fourth-order valence-corrected chi connectivity index (χ4v) is 6.45. The second-order valence-electron chi connectivity index (χ2n) is 5.36. The van der Waals surface area contributed by atoms with Crippen molar-refractivity contribution in [3.8, 4) is 0 Å². The van der Waals surface area contributed by atoms with E-state index in [0.717, 1.165) is 6.08 Å². The zero-order chi connectivity index (χ0) is 17.2. The number of allylic oxidation sites excluding steroid dienone is 1. The number of carboxylic acid groups (broad SMARTS) is 1. The van der Waals surface area contributed by atoms with Crippen LogP contribution >= 0.6 is 22.6 Å². The van der Waals surface area contributed by atoms with Crippen molar-refractivity contribution >= 4 is 34.5 Å². The van der Waals surface area contributed by atoms with Gasteiger partial charge >= 0.3 is 156 Å². The number of hydrogen-bond donors (Lipinski definition) is 2. The molecule has 0 aromatic carbocycles. The van der Waals surface area contributed by atoms with Gasteiger partial charge in [-0.2, -0.15) is 0 Å². The monoisotopic (exact) mass is 560 g/mol. The van der Waals surface area contributed by atoms with Gasteiger partial charge in [-0.3, -0.25) is 0 Å². The summed E-state index contributed by atoms with van der Waals surface area (Å²) in [6.07, 6.45) is -2.20. The Balaban J connectivity index is 2.00. The van der Waals surface area contributed by atoms with Crippen LogP contribution < -0.4 is 26.9 Å². The SMILES string of the molecule is O=C(O)C1[I-]OC(CI)C1C(=O)NC1C=CC(C(F)(F)F)CC1. The first kappa shape index (κ1) is 19.2. The third kappa shape index (κ3) is 4.71. The maximum absolute atomic E-state index is 12.6. The third-order valence-electron chi connectivity index (χ3n) is 3.78. The van der Waals surface area contributed by atoms with Crippen LogP contribution in [0.5, 0.6) is 0 Å². The van der Waals surface area contributed by atoms with Crippen molar-refractivity contribution < 1.29 is 52.6 Å². The van der Waals surface area contributed by atoms with Crippen molar-refractivity contribution in [2.24, 2.45) is 11.8 Å². The van der Waals surface area contributed by atoms with Gasteiger partial charge in [0.25, 0.3) is 0 Å². The van der Waals surface area contributed by atoms with Gasteiger partial charge in [-0.1, -0.05) is 0 Å².